The molecule has 13 heavy (non-hydrogen) atoms. The highest BCUT2D eigenvalue weighted by atomic mass is 14.9. The predicted molar refractivity (Wildman–Crippen MR) is 56.6 cm³/mol. The largest absolute Gasteiger partial charge is 0.397 e. The summed E-state index contributed by atoms with van der Waals surface area (Å²) in [6.45, 7) is 5.37. The van der Waals surface area contributed by atoms with Crippen LogP contribution in [0.15, 0.2) is 18.5 Å². The number of rotatable bonds is 4. The molecule has 1 aromatic heterocycles. The number of anilines is 2. The van der Waals surface area contributed by atoms with Crippen LogP contribution < -0.4 is 11.1 Å². The van der Waals surface area contributed by atoms with Gasteiger partial charge >= 0.3 is 0 Å². The van der Waals surface area contributed by atoms with Gasteiger partial charge in [-0.05, 0) is 12.0 Å². The minimum absolute atomic E-state index is 0.682. The van der Waals surface area contributed by atoms with Crippen molar-refractivity contribution in [2.45, 2.75) is 20.3 Å². The van der Waals surface area contributed by atoms with Crippen molar-refractivity contribution in [2.24, 2.45) is 5.92 Å². The highest BCUT2D eigenvalue weighted by molar-refractivity contribution is 5.51. The molecule has 0 amide bonds. The molecular weight excluding hydrogens is 162 g/mol. The van der Waals surface area contributed by atoms with Gasteiger partial charge in [0, 0.05) is 12.7 Å². The molecule has 0 saturated carbocycles. The summed E-state index contributed by atoms with van der Waals surface area (Å²) in [6, 6.07) is 1.90. The summed E-state index contributed by atoms with van der Waals surface area (Å²) in [7, 11) is 0. The number of nitrogens with one attached hydrogen (secondary N) is 1. The molecule has 0 bridgehead atoms. The lowest BCUT2D eigenvalue weighted by Crippen LogP contribution is -2.10. The van der Waals surface area contributed by atoms with E-state index in [1.54, 1.807) is 12.4 Å². The molecule has 3 nitrogen and oxygen atoms in total. The van der Waals surface area contributed by atoms with Crippen molar-refractivity contribution in [1.82, 2.24) is 4.98 Å². The molecule has 0 aliphatic carbocycles. The number of hydrogen-bond donors (Lipinski definition) is 2. The lowest BCUT2D eigenvalue weighted by atomic mass is 10.1. The Kier molecular flexibility index (Phi) is 3.55. The van der Waals surface area contributed by atoms with Crippen LogP contribution in [0.5, 0.6) is 0 Å². The van der Waals surface area contributed by atoms with Crippen LogP contribution in [0, 0.1) is 5.92 Å². The summed E-state index contributed by atoms with van der Waals surface area (Å²) in [6.07, 6.45) is 4.62. The zero-order valence-corrected chi connectivity index (χ0v) is 8.25. The van der Waals surface area contributed by atoms with Crippen LogP contribution in [0.2, 0.25) is 0 Å². The fourth-order valence-electron chi connectivity index (χ4n) is 0.991. The maximum absolute atomic E-state index is 5.59. The Morgan fingerprint density at radius 2 is 2.31 bits per heavy atom. The molecule has 0 aromatic carbocycles. The van der Waals surface area contributed by atoms with E-state index in [1.807, 2.05) is 6.07 Å². The van der Waals surface area contributed by atoms with E-state index in [-0.39, 0.29) is 0 Å². The molecule has 72 valence electrons. The van der Waals surface area contributed by atoms with Crippen molar-refractivity contribution < 1.29 is 0 Å². The first-order valence-corrected chi connectivity index (χ1v) is 4.66. The SMILES string of the molecule is CCC(C)CNc1cncc(N)c1. The number of pyridine rings is 1. The van der Waals surface area contributed by atoms with Gasteiger partial charge in [0.1, 0.15) is 0 Å². The van der Waals surface area contributed by atoms with E-state index in [0.717, 1.165) is 12.2 Å². The van der Waals surface area contributed by atoms with Crippen LogP contribution in [0.3, 0.4) is 0 Å². The normalized spacial score (nSPS) is 12.5. The van der Waals surface area contributed by atoms with Crippen LogP contribution in [0.1, 0.15) is 20.3 Å². The first kappa shape index (κ1) is 9.84. The molecule has 1 aromatic rings. The van der Waals surface area contributed by atoms with Crippen LogP contribution in [-0.2, 0) is 0 Å². The van der Waals surface area contributed by atoms with Gasteiger partial charge in [0.15, 0.2) is 0 Å². The fraction of sp³-hybridized carbons (Fsp3) is 0.500. The van der Waals surface area contributed by atoms with Crippen LogP contribution in [0.4, 0.5) is 11.4 Å². The zero-order valence-electron chi connectivity index (χ0n) is 8.25. The second-order valence-corrected chi connectivity index (χ2v) is 3.40. The van der Waals surface area contributed by atoms with Gasteiger partial charge in [-0.2, -0.15) is 0 Å². The van der Waals surface area contributed by atoms with Crippen molar-refractivity contribution in [3.8, 4) is 0 Å². The lowest BCUT2D eigenvalue weighted by Gasteiger charge is -2.10. The first-order chi connectivity index (χ1) is 6.22. The maximum atomic E-state index is 5.59. The van der Waals surface area contributed by atoms with Crippen molar-refractivity contribution in [1.29, 1.82) is 0 Å². The molecule has 0 aliphatic heterocycles. The summed E-state index contributed by atoms with van der Waals surface area (Å²) in [5.41, 5.74) is 7.30. The Morgan fingerprint density at radius 1 is 1.54 bits per heavy atom. The third-order valence-electron chi connectivity index (χ3n) is 2.11. The summed E-state index contributed by atoms with van der Waals surface area (Å²) in [5.74, 6) is 0.682. The van der Waals surface area contributed by atoms with E-state index in [9.17, 15) is 0 Å². The van der Waals surface area contributed by atoms with Crippen LogP contribution >= 0.6 is 0 Å². The van der Waals surface area contributed by atoms with Gasteiger partial charge in [0.25, 0.3) is 0 Å². The summed E-state index contributed by atoms with van der Waals surface area (Å²) in [4.78, 5) is 4.00. The Morgan fingerprint density at radius 3 is 2.92 bits per heavy atom. The van der Waals surface area contributed by atoms with Crippen molar-refractivity contribution in [3.63, 3.8) is 0 Å². The van der Waals surface area contributed by atoms with Crippen molar-refractivity contribution in [2.75, 3.05) is 17.6 Å². The van der Waals surface area contributed by atoms with Gasteiger partial charge in [-0.1, -0.05) is 20.3 Å². The molecule has 3 heteroatoms. The van der Waals surface area contributed by atoms with Gasteiger partial charge < -0.3 is 11.1 Å². The van der Waals surface area contributed by atoms with Gasteiger partial charge in [-0.15, -0.1) is 0 Å². The molecule has 1 unspecified atom stereocenters. The van der Waals surface area contributed by atoms with Crippen molar-refractivity contribution >= 4 is 11.4 Å². The van der Waals surface area contributed by atoms with Gasteiger partial charge in [-0.25, -0.2) is 0 Å². The highest BCUT2D eigenvalue weighted by Gasteiger charge is 1.98. The second kappa shape index (κ2) is 4.70. The minimum Gasteiger partial charge on any atom is -0.397 e. The molecule has 1 rings (SSSR count). The number of nitrogen functional groups attached to an aromatic ring is 1. The van der Waals surface area contributed by atoms with E-state index in [2.05, 4.69) is 24.1 Å². The number of hydrogen-bond acceptors (Lipinski definition) is 3. The van der Waals surface area contributed by atoms with Crippen LogP contribution in [0.25, 0.3) is 0 Å². The molecule has 3 N–H and O–H groups in total. The zero-order chi connectivity index (χ0) is 9.68. The number of nitrogens with two attached hydrogens (primary N) is 1. The average molecular weight is 179 g/mol. The van der Waals surface area contributed by atoms with Gasteiger partial charge in [0.2, 0.25) is 0 Å². The summed E-state index contributed by atoms with van der Waals surface area (Å²) >= 11 is 0. The van der Waals surface area contributed by atoms with Gasteiger partial charge in [0.05, 0.1) is 17.6 Å². The fourth-order valence-corrected chi connectivity index (χ4v) is 0.991. The van der Waals surface area contributed by atoms with E-state index in [1.165, 1.54) is 6.42 Å². The molecule has 1 heterocycles. The monoisotopic (exact) mass is 179 g/mol. The van der Waals surface area contributed by atoms with Crippen LogP contribution in [-0.4, -0.2) is 11.5 Å². The smallest absolute Gasteiger partial charge is 0.0547 e. The Balaban J connectivity index is 2.45. The Labute approximate surface area is 79.4 Å². The van der Waals surface area contributed by atoms with E-state index in [0.29, 0.717) is 11.6 Å². The lowest BCUT2D eigenvalue weighted by molar-refractivity contribution is 0.593. The molecule has 0 saturated heterocycles. The molecule has 0 spiro atoms. The Hall–Kier alpha value is -1.25. The maximum Gasteiger partial charge on any atom is 0.0547 e. The summed E-state index contributed by atoms with van der Waals surface area (Å²) in [5, 5.41) is 3.29. The number of nitrogens with zero attached hydrogens (tertiary/aromatic N) is 1. The molecule has 0 aliphatic rings. The average Bonchev–Trinajstić information content (AvgIpc) is 2.14. The Bertz CT molecular complexity index is 260. The predicted octanol–water partition coefficient (Wildman–Crippen LogP) is 2.12. The third kappa shape index (κ3) is 3.32. The molecular formula is C10H17N3. The molecule has 0 radical (unpaired) electrons. The first-order valence-electron chi connectivity index (χ1n) is 4.66. The van der Waals surface area contributed by atoms with E-state index >= 15 is 0 Å². The molecule has 0 fully saturated rings. The van der Waals surface area contributed by atoms with E-state index in [4.69, 9.17) is 5.73 Å². The third-order valence-corrected chi connectivity index (χ3v) is 2.11. The summed E-state index contributed by atoms with van der Waals surface area (Å²) < 4.78 is 0. The van der Waals surface area contributed by atoms with E-state index < -0.39 is 0 Å². The highest BCUT2D eigenvalue weighted by Crippen LogP contribution is 2.10. The second-order valence-electron chi connectivity index (χ2n) is 3.40. The molecule has 1 atom stereocenters. The number of aromatic nitrogens is 1. The van der Waals surface area contributed by atoms with Crippen molar-refractivity contribution in [3.05, 3.63) is 18.5 Å². The topological polar surface area (TPSA) is 50.9 Å². The quantitative estimate of drug-likeness (QED) is 0.744. The minimum atomic E-state index is 0.682. The standard InChI is InChI=1S/C10H17N3/c1-3-8(2)5-13-10-4-9(11)6-12-7-10/h4,6-8,13H,3,5,11H2,1-2H3. The van der Waals surface area contributed by atoms with Gasteiger partial charge in [-0.3, -0.25) is 4.98 Å².